The molecule has 0 aliphatic rings. The first-order valence-corrected chi connectivity index (χ1v) is 4.30. The highest BCUT2D eigenvalue weighted by molar-refractivity contribution is 4.81. The highest BCUT2D eigenvalue weighted by atomic mass is 16.5. The van der Waals surface area contributed by atoms with E-state index in [1.807, 2.05) is 0 Å². The topological polar surface area (TPSA) is 9.23 Å². The Balaban J connectivity index is 4.00. The molecule has 0 atom stereocenters. The molecule has 0 heterocycles. The van der Waals surface area contributed by atoms with Gasteiger partial charge in [0.2, 0.25) is 0 Å². The van der Waals surface area contributed by atoms with Crippen LogP contribution in [0.4, 0.5) is 0 Å². The Morgan fingerprint density at radius 1 is 1.00 bits per heavy atom. The van der Waals surface area contributed by atoms with Crippen LogP contribution in [0.1, 0.15) is 41.0 Å². The summed E-state index contributed by atoms with van der Waals surface area (Å²) in [5.74, 6) is 0. The van der Waals surface area contributed by atoms with E-state index in [1.54, 1.807) is 7.11 Å². The van der Waals surface area contributed by atoms with Crippen molar-refractivity contribution in [2.75, 3.05) is 13.7 Å². The molecule has 0 aromatic heterocycles. The fraction of sp³-hybridized carbons (Fsp3) is 1.00. The molecule has 0 saturated heterocycles. The number of hydrogen-bond acceptors (Lipinski definition) is 1. The summed E-state index contributed by atoms with van der Waals surface area (Å²) < 4.78 is 5.07. The van der Waals surface area contributed by atoms with Crippen LogP contribution in [0.5, 0.6) is 0 Å². The highest BCUT2D eigenvalue weighted by Crippen LogP contribution is 2.40. The third-order valence-electron chi connectivity index (χ3n) is 2.96. The third-order valence-corrected chi connectivity index (χ3v) is 2.96. The lowest BCUT2D eigenvalue weighted by Gasteiger charge is -2.38. The van der Waals surface area contributed by atoms with E-state index >= 15 is 0 Å². The Kier molecular flexibility index (Phi) is 3.56. The lowest BCUT2D eigenvalue weighted by molar-refractivity contribution is 0.0732. The molecular formula is C10H22O. The van der Waals surface area contributed by atoms with Crippen molar-refractivity contribution < 1.29 is 4.74 Å². The van der Waals surface area contributed by atoms with Crippen molar-refractivity contribution in [3.8, 4) is 0 Å². The van der Waals surface area contributed by atoms with Crippen LogP contribution >= 0.6 is 0 Å². The molecule has 0 radical (unpaired) electrons. The zero-order chi connectivity index (χ0) is 9.12. The third kappa shape index (κ3) is 3.24. The molecule has 0 aromatic carbocycles. The van der Waals surface area contributed by atoms with E-state index in [-0.39, 0.29) is 0 Å². The molecule has 0 aliphatic heterocycles. The van der Waals surface area contributed by atoms with E-state index in [4.69, 9.17) is 4.74 Å². The summed E-state index contributed by atoms with van der Waals surface area (Å²) in [4.78, 5) is 0. The number of rotatable bonds is 3. The second-order valence-corrected chi connectivity index (χ2v) is 4.88. The molecule has 0 rings (SSSR count). The van der Waals surface area contributed by atoms with Gasteiger partial charge in [0.05, 0.1) is 0 Å². The maximum absolute atomic E-state index is 5.07. The van der Waals surface area contributed by atoms with E-state index in [0.717, 1.165) is 13.0 Å². The number of ether oxygens (including phenoxy) is 1. The minimum absolute atomic E-state index is 0.364. The SMILES string of the molecule is COCCC(C)(C)C(C)(C)C. The van der Waals surface area contributed by atoms with E-state index in [0.29, 0.717) is 10.8 Å². The average molecular weight is 158 g/mol. The molecule has 0 aliphatic carbocycles. The van der Waals surface area contributed by atoms with Crippen LogP contribution in [0.2, 0.25) is 0 Å². The van der Waals surface area contributed by atoms with Crippen LogP contribution in [0.25, 0.3) is 0 Å². The summed E-state index contributed by atoms with van der Waals surface area (Å²) in [6.07, 6.45) is 1.13. The Hall–Kier alpha value is -0.0400. The van der Waals surface area contributed by atoms with Crippen molar-refractivity contribution in [2.45, 2.75) is 41.0 Å². The smallest absolute Gasteiger partial charge is 0.0467 e. The van der Waals surface area contributed by atoms with Gasteiger partial charge in [0.25, 0.3) is 0 Å². The van der Waals surface area contributed by atoms with Crippen molar-refractivity contribution in [2.24, 2.45) is 10.8 Å². The van der Waals surface area contributed by atoms with Gasteiger partial charge in [0, 0.05) is 13.7 Å². The van der Waals surface area contributed by atoms with Crippen LogP contribution in [0, 0.1) is 10.8 Å². The van der Waals surface area contributed by atoms with Crippen LogP contribution in [-0.2, 0) is 4.74 Å². The van der Waals surface area contributed by atoms with Crippen molar-refractivity contribution >= 4 is 0 Å². The summed E-state index contributed by atoms with van der Waals surface area (Å²) in [5, 5.41) is 0. The number of methoxy groups -OCH3 is 1. The fourth-order valence-corrected chi connectivity index (χ4v) is 0.732. The molecule has 0 N–H and O–H groups in total. The molecule has 0 unspecified atom stereocenters. The largest absolute Gasteiger partial charge is 0.385 e. The molecule has 1 heteroatoms. The Morgan fingerprint density at radius 3 is 1.73 bits per heavy atom. The average Bonchev–Trinajstić information content (AvgIpc) is 1.81. The molecule has 0 aromatic rings. The second kappa shape index (κ2) is 3.57. The minimum Gasteiger partial charge on any atom is -0.385 e. The number of hydrogen-bond donors (Lipinski definition) is 0. The van der Waals surface area contributed by atoms with Gasteiger partial charge in [-0.2, -0.15) is 0 Å². The minimum atomic E-state index is 0.364. The van der Waals surface area contributed by atoms with Crippen LogP contribution in [-0.4, -0.2) is 13.7 Å². The monoisotopic (exact) mass is 158 g/mol. The first-order valence-electron chi connectivity index (χ1n) is 4.30. The predicted octanol–water partition coefficient (Wildman–Crippen LogP) is 3.10. The quantitative estimate of drug-likeness (QED) is 0.613. The molecule has 0 bridgehead atoms. The molecular weight excluding hydrogens is 136 g/mol. The molecule has 11 heavy (non-hydrogen) atoms. The Labute approximate surface area is 71.1 Å². The zero-order valence-electron chi connectivity index (χ0n) is 8.82. The highest BCUT2D eigenvalue weighted by Gasteiger charge is 2.31. The van der Waals surface area contributed by atoms with Crippen LogP contribution < -0.4 is 0 Å². The van der Waals surface area contributed by atoms with Gasteiger partial charge in [-0.1, -0.05) is 34.6 Å². The van der Waals surface area contributed by atoms with Gasteiger partial charge in [-0.25, -0.2) is 0 Å². The van der Waals surface area contributed by atoms with Gasteiger partial charge < -0.3 is 4.74 Å². The summed E-state index contributed by atoms with van der Waals surface area (Å²) in [7, 11) is 1.76. The lowest BCUT2D eigenvalue weighted by Crippen LogP contribution is -2.30. The molecule has 0 amide bonds. The normalized spacial score (nSPS) is 13.6. The fourth-order valence-electron chi connectivity index (χ4n) is 0.732. The maximum atomic E-state index is 5.07. The molecule has 1 nitrogen and oxygen atoms in total. The van der Waals surface area contributed by atoms with Crippen LogP contribution in [0.3, 0.4) is 0 Å². The molecule has 0 saturated carbocycles. The predicted molar refractivity (Wildman–Crippen MR) is 49.7 cm³/mol. The maximum Gasteiger partial charge on any atom is 0.0467 e. The van der Waals surface area contributed by atoms with E-state index < -0.39 is 0 Å². The van der Waals surface area contributed by atoms with Crippen LogP contribution in [0.15, 0.2) is 0 Å². The molecule has 0 fully saturated rings. The summed E-state index contributed by atoms with van der Waals surface area (Å²) in [6, 6.07) is 0. The van der Waals surface area contributed by atoms with Gasteiger partial charge in [0.1, 0.15) is 0 Å². The summed E-state index contributed by atoms with van der Waals surface area (Å²) >= 11 is 0. The first-order chi connectivity index (χ1) is 4.81. The summed E-state index contributed by atoms with van der Waals surface area (Å²) in [6.45, 7) is 12.3. The summed E-state index contributed by atoms with van der Waals surface area (Å²) in [5.41, 5.74) is 0.731. The Bertz CT molecular complexity index is 109. The van der Waals surface area contributed by atoms with Gasteiger partial charge in [-0.3, -0.25) is 0 Å². The van der Waals surface area contributed by atoms with Crippen molar-refractivity contribution in [3.63, 3.8) is 0 Å². The van der Waals surface area contributed by atoms with Crippen molar-refractivity contribution in [1.29, 1.82) is 0 Å². The Morgan fingerprint density at radius 2 is 1.45 bits per heavy atom. The van der Waals surface area contributed by atoms with Gasteiger partial charge >= 0.3 is 0 Å². The standard InChI is InChI=1S/C10H22O/c1-9(2,3)10(4,5)7-8-11-6/h7-8H2,1-6H3. The van der Waals surface area contributed by atoms with E-state index in [2.05, 4.69) is 34.6 Å². The first kappa shape index (κ1) is 11.0. The van der Waals surface area contributed by atoms with Crippen molar-refractivity contribution in [1.82, 2.24) is 0 Å². The van der Waals surface area contributed by atoms with Gasteiger partial charge in [0.15, 0.2) is 0 Å². The van der Waals surface area contributed by atoms with E-state index in [9.17, 15) is 0 Å². The van der Waals surface area contributed by atoms with Gasteiger partial charge in [-0.15, -0.1) is 0 Å². The van der Waals surface area contributed by atoms with Gasteiger partial charge in [-0.05, 0) is 17.3 Å². The van der Waals surface area contributed by atoms with E-state index in [1.165, 1.54) is 0 Å². The zero-order valence-corrected chi connectivity index (χ0v) is 8.82. The van der Waals surface area contributed by atoms with Crippen molar-refractivity contribution in [3.05, 3.63) is 0 Å². The molecule has 68 valence electrons. The molecule has 0 spiro atoms. The second-order valence-electron chi connectivity index (χ2n) is 4.88. The lowest BCUT2D eigenvalue weighted by atomic mass is 9.67.